The fourth-order valence-corrected chi connectivity index (χ4v) is 10.2. The van der Waals surface area contributed by atoms with Gasteiger partial charge in [-0.05, 0) is 105 Å². The second kappa shape index (κ2) is 17.5. The smallest absolute Gasteiger partial charge is 0.318 e. The molecule has 1 N–H and O–H groups in total. The molecule has 11 heteroatoms. The Morgan fingerprint density at radius 1 is 0.962 bits per heavy atom. The molecule has 0 unspecified atom stereocenters. The molecule has 2 heterocycles. The lowest BCUT2D eigenvalue weighted by molar-refractivity contribution is 0.00182. The molecule has 1 saturated heterocycles. The van der Waals surface area contributed by atoms with Crippen LogP contribution in [0, 0.1) is 0 Å². The Morgan fingerprint density at radius 2 is 1.67 bits per heavy atom. The number of nitrogens with one attached hydrogen (secondary N) is 1. The summed E-state index contributed by atoms with van der Waals surface area (Å²) in [6.45, 7) is 3.54. The highest BCUT2D eigenvalue weighted by Gasteiger charge is 2.43. The summed E-state index contributed by atoms with van der Waals surface area (Å²) in [7, 11) is 6.68. The molecular weight excluding hydrogens is 717 g/mol. The van der Waals surface area contributed by atoms with Crippen LogP contribution in [-0.2, 0) is 27.4 Å². The van der Waals surface area contributed by atoms with Gasteiger partial charge in [0.25, 0.3) is 0 Å². The predicted molar refractivity (Wildman–Crippen MR) is 211 cm³/mol. The summed E-state index contributed by atoms with van der Waals surface area (Å²) < 4.78 is 23.6. The van der Waals surface area contributed by atoms with Crippen LogP contribution in [0.3, 0.4) is 0 Å². The van der Waals surface area contributed by atoms with Crippen LogP contribution in [0.25, 0.3) is 0 Å². The average molecular weight is 771 g/mol. The maximum atomic E-state index is 14.2. The van der Waals surface area contributed by atoms with E-state index in [2.05, 4.69) is 46.2 Å². The van der Waals surface area contributed by atoms with E-state index in [1.165, 1.54) is 17.5 Å². The number of nitrogens with zero attached hydrogens (tertiary/aromatic N) is 2. The SMILES string of the molecule is COc1cc(COC[C@](CCCN2CCC3(CC2)SCc2ccccc23)(c2ccc(Cl)c(Cl)c2)N(C)C(=O)NC2CCCCC2)cc(OC)c1OC. The molecule has 0 radical (unpaired) electrons. The number of carbonyl (C=O) groups excluding carboxylic acids is 1. The van der Waals surface area contributed by atoms with Gasteiger partial charge in [0.1, 0.15) is 0 Å². The number of fused-ring (bicyclic) bond motifs is 2. The number of amides is 2. The normalized spacial score (nSPS) is 18.4. The number of carbonyl (C=O) groups is 1. The van der Waals surface area contributed by atoms with Gasteiger partial charge in [-0.25, -0.2) is 4.79 Å². The quantitative estimate of drug-likeness (QED) is 0.175. The van der Waals surface area contributed by atoms with E-state index < -0.39 is 5.54 Å². The van der Waals surface area contributed by atoms with Gasteiger partial charge >= 0.3 is 6.03 Å². The molecule has 2 aliphatic heterocycles. The maximum absolute atomic E-state index is 14.2. The van der Waals surface area contributed by atoms with Crippen LogP contribution in [0.5, 0.6) is 17.2 Å². The second-order valence-electron chi connectivity index (χ2n) is 14.4. The fraction of sp³-hybridized carbons (Fsp3) is 0.537. The summed E-state index contributed by atoms with van der Waals surface area (Å²) in [6, 6.07) is 18.5. The van der Waals surface area contributed by atoms with Crippen LogP contribution in [0.4, 0.5) is 4.79 Å². The minimum atomic E-state index is -0.828. The number of urea groups is 1. The Bertz CT molecular complexity index is 1650. The van der Waals surface area contributed by atoms with Gasteiger partial charge in [0.2, 0.25) is 5.75 Å². The Kier molecular flexibility index (Phi) is 13.1. The van der Waals surface area contributed by atoms with Crippen LogP contribution in [0.15, 0.2) is 54.6 Å². The molecule has 1 saturated carbocycles. The minimum absolute atomic E-state index is 0.105. The van der Waals surface area contributed by atoms with Gasteiger partial charge in [-0.2, -0.15) is 0 Å². The van der Waals surface area contributed by atoms with E-state index >= 15 is 0 Å². The molecular formula is C41H53Cl2N3O5S. The first-order chi connectivity index (χ1) is 25.2. The maximum Gasteiger partial charge on any atom is 0.318 e. The molecule has 282 valence electrons. The van der Waals surface area contributed by atoms with Crippen molar-refractivity contribution >= 4 is 41.0 Å². The van der Waals surface area contributed by atoms with Crippen molar-refractivity contribution in [3.8, 4) is 17.2 Å². The number of rotatable bonds is 14. The molecule has 1 aliphatic carbocycles. The number of thioether (sulfide) groups is 1. The highest BCUT2D eigenvalue weighted by atomic mass is 35.5. The third kappa shape index (κ3) is 8.44. The minimum Gasteiger partial charge on any atom is -0.493 e. The van der Waals surface area contributed by atoms with E-state index in [1.807, 2.05) is 42.3 Å². The highest BCUT2D eigenvalue weighted by Crippen LogP contribution is 2.53. The van der Waals surface area contributed by atoms with Crippen molar-refractivity contribution in [2.24, 2.45) is 0 Å². The number of methoxy groups -OCH3 is 3. The number of hydrogen-bond donors (Lipinski definition) is 1. The summed E-state index contributed by atoms with van der Waals surface area (Å²) in [4.78, 5) is 18.6. The Morgan fingerprint density at radius 3 is 2.35 bits per heavy atom. The first-order valence-electron chi connectivity index (χ1n) is 18.5. The van der Waals surface area contributed by atoms with Crippen molar-refractivity contribution in [2.75, 3.05) is 54.6 Å². The molecule has 0 aromatic heterocycles. The zero-order valence-electron chi connectivity index (χ0n) is 31.0. The lowest BCUT2D eigenvalue weighted by Gasteiger charge is -2.44. The van der Waals surface area contributed by atoms with E-state index in [0.29, 0.717) is 33.7 Å². The van der Waals surface area contributed by atoms with Crippen LogP contribution in [0.1, 0.15) is 80.0 Å². The third-order valence-electron chi connectivity index (χ3n) is 11.4. The molecule has 8 nitrogen and oxygen atoms in total. The molecule has 6 rings (SSSR count). The number of ether oxygens (including phenoxy) is 4. The molecule has 3 aromatic carbocycles. The summed E-state index contributed by atoms with van der Waals surface area (Å²) in [5.74, 6) is 2.75. The Labute approximate surface area is 323 Å². The average Bonchev–Trinajstić information content (AvgIpc) is 3.53. The van der Waals surface area contributed by atoms with Gasteiger partial charge < -0.3 is 34.1 Å². The number of piperidine rings is 1. The number of hydrogen-bond acceptors (Lipinski definition) is 7. The van der Waals surface area contributed by atoms with Crippen LogP contribution < -0.4 is 19.5 Å². The number of benzene rings is 3. The van der Waals surface area contributed by atoms with Gasteiger partial charge in [-0.15, -0.1) is 11.8 Å². The monoisotopic (exact) mass is 769 g/mol. The first-order valence-corrected chi connectivity index (χ1v) is 20.3. The second-order valence-corrected chi connectivity index (χ2v) is 16.6. The van der Waals surface area contributed by atoms with Gasteiger partial charge in [0.05, 0.1) is 50.1 Å². The molecule has 0 bridgehead atoms. The van der Waals surface area contributed by atoms with Crippen LogP contribution in [0.2, 0.25) is 10.0 Å². The van der Waals surface area contributed by atoms with E-state index in [1.54, 1.807) is 21.3 Å². The van der Waals surface area contributed by atoms with Crippen molar-refractivity contribution in [1.29, 1.82) is 0 Å². The van der Waals surface area contributed by atoms with E-state index in [9.17, 15) is 4.79 Å². The molecule has 2 amide bonds. The number of likely N-dealkylation sites (tertiary alicyclic amines) is 1. The van der Waals surface area contributed by atoms with E-state index in [-0.39, 0.29) is 30.0 Å². The summed E-state index contributed by atoms with van der Waals surface area (Å²) in [6.07, 6.45) is 9.30. The number of halogens is 2. The first kappa shape index (κ1) is 38.9. The van der Waals surface area contributed by atoms with Crippen molar-refractivity contribution < 1.29 is 23.7 Å². The lowest BCUT2D eigenvalue weighted by Crippen LogP contribution is -2.55. The lowest BCUT2D eigenvalue weighted by atomic mass is 9.83. The van der Waals surface area contributed by atoms with Crippen molar-refractivity contribution in [3.05, 3.63) is 86.9 Å². The molecule has 1 spiro atoms. The fourth-order valence-electron chi connectivity index (χ4n) is 8.34. The Balaban J connectivity index is 1.24. The summed E-state index contributed by atoms with van der Waals surface area (Å²) in [5.41, 5.74) is 3.96. The van der Waals surface area contributed by atoms with Gasteiger partial charge in [-0.3, -0.25) is 0 Å². The topological polar surface area (TPSA) is 72.5 Å². The molecule has 1 atom stereocenters. The summed E-state index contributed by atoms with van der Waals surface area (Å²) >= 11 is 15.3. The van der Waals surface area contributed by atoms with Crippen molar-refractivity contribution in [2.45, 2.75) is 86.5 Å². The zero-order chi connectivity index (χ0) is 36.7. The zero-order valence-corrected chi connectivity index (χ0v) is 33.3. The van der Waals surface area contributed by atoms with E-state index in [4.69, 9.17) is 42.1 Å². The molecule has 52 heavy (non-hydrogen) atoms. The molecule has 2 fully saturated rings. The van der Waals surface area contributed by atoms with Gasteiger partial charge in [0.15, 0.2) is 11.5 Å². The highest BCUT2D eigenvalue weighted by molar-refractivity contribution is 7.99. The predicted octanol–water partition coefficient (Wildman–Crippen LogP) is 9.42. The standard InChI is InChI=1S/C41H53Cl2N3O5S/c1-45(39(47)44-32-12-6-5-7-13-32)40(31-15-16-34(42)35(43)25-31,28-51-26-29-23-36(48-2)38(50-4)37(24-29)49-3)17-10-20-46-21-18-41(19-22-46)33-14-9-8-11-30(33)27-52-41/h8-9,11,14-16,23-25,32H,5-7,10,12-13,17-22,26-28H2,1-4H3,(H,44,47)/t40-/m1/s1. The number of likely N-dealkylation sites (N-methyl/N-ethyl adjacent to an activating group) is 1. The van der Waals surface area contributed by atoms with Crippen molar-refractivity contribution in [3.63, 3.8) is 0 Å². The van der Waals surface area contributed by atoms with E-state index in [0.717, 1.165) is 81.5 Å². The van der Waals surface area contributed by atoms with Gasteiger partial charge in [-0.1, -0.05) is 72.8 Å². The largest absolute Gasteiger partial charge is 0.493 e. The third-order valence-corrected chi connectivity index (χ3v) is 13.8. The van der Waals surface area contributed by atoms with Crippen molar-refractivity contribution in [1.82, 2.24) is 15.1 Å². The van der Waals surface area contributed by atoms with Crippen LogP contribution in [-0.4, -0.2) is 76.5 Å². The Hall–Kier alpha value is -2.82. The molecule has 3 aliphatic rings. The van der Waals surface area contributed by atoms with Crippen LogP contribution >= 0.6 is 35.0 Å². The van der Waals surface area contributed by atoms with Gasteiger partial charge in [0, 0.05) is 23.6 Å². The summed E-state index contributed by atoms with van der Waals surface area (Å²) in [5, 5.41) is 4.28. The molecule has 3 aromatic rings.